The first-order valence-electron chi connectivity index (χ1n) is 10.2. The molecule has 0 spiro atoms. The summed E-state index contributed by atoms with van der Waals surface area (Å²) in [7, 11) is 0. The van der Waals surface area contributed by atoms with E-state index in [0.29, 0.717) is 10.9 Å². The zero-order chi connectivity index (χ0) is 22.9. The van der Waals surface area contributed by atoms with Gasteiger partial charge in [0.25, 0.3) is 0 Å². The van der Waals surface area contributed by atoms with Gasteiger partial charge in [0.05, 0.1) is 17.3 Å². The first-order chi connectivity index (χ1) is 16.0. The van der Waals surface area contributed by atoms with Crippen molar-refractivity contribution in [2.75, 3.05) is 4.90 Å². The Hall–Kier alpha value is -3.49. The number of pyridine rings is 1. The smallest absolute Gasteiger partial charge is 0.335 e. The quantitative estimate of drug-likeness (QED) is 0.314. The molecular formula is C25H18BrN3O3S. The molecule has 2 aromatic heterocycles. The van der Waals surface area contributed by atoms with Gasteiger partial charge in [0.2, 0.25) is 0 Å². The Bertz CT molecular complexity index is 1310. The second-order valence-corrected chi connectivity index (χ2v) is 8.86. The van der Waals surface area contributed by atoms with Gasteiger partial charge < -0.3 is 19.7 Å². The van der Waals surface area contributed by atoms with Crippen molar-refractivity contribution in [3.05, 3.63) is 107 Å². The van der Waals surface area contributed by atoms with Crippen LogP contribution in [0.1, 0.15) is 33.9 Å². The van der Waals surface area contributed by atoms with Crippen LogP contribution in [0.5, 0.6) is 0 Å². The summed E-state index contributed by atoms with van der Waals surface area (Å²) in [6.07, 6.45) is 1.76. The summed E-state index contributed by atoms with van der Waals surface area (Å²) in [5.41, 5.74) is 2.81. The van der Waals surface area contributed by atoms with Crippen LogP contribution < -0.4 is 10.2 Å². The van der Waals surface area contributed by atoms with Crippen LogP contribution >= 0.6 is 28.1 Å². The second kappa shape index (κ2) is 8.80. The van der Waals surface area contributed by atoms with Crippen molar-refractivity contribution in [1.82, 2.24) is 10.3 Å². The number of carbonyl (C=O) groups is 1. The van der Waals surface area contributed by atoms with Crippen LogP contribution in [-0.2, 0) is 0 Å². The molecule has 5 rings (SSSR count). The molecule has 2 atom stereocenters. The van der Waals surface area contributed by atoms with E-state index in [-0.39, 0.29) is 17.6 Å². The standard InChI is InChI=1S/C25H18BrN3O3S/c26-17-8-10-18(11-9-17)29-23(22(28-25(29)33)19-3-1-2-14-27-19)21-13-12-20(32-21)15-4-6-16(7-5-15)24(30)31/h1-14,22-23H,(H,28,33)(H,30,31)/t22-,23+/m0/s1. The van der Waals surface area contributed by atoms with Gasteiger partial charge in [-0.3, -0.25) is 4.98 Å². The van der Waals surface area contributed by atoms with E-state index in [1.54, 1.807) is 30.5 Å². The molecule has 2 N–H and O–H groups in total. The third kappa shape index (κ3) is 4.15. The van der Waals surface area contributed by atoms with Crippen molar-refractivity contribution in [1.29, 1.82) is 0 Å². The van der Waals surface area contributed by atoms with E-state index in [9.17, 15) is 4.79 Å². The van der Waals surface area contributed by atoms with E-state index in [2.05, 4.69) is 26.2 Å². The maximum absolute atomic E-state index is 11.2. The third-order valence-corrected chi connectivity index (χ3v) is 6.38. The molecule has 6 nitrogen and oxygen atoms in total. The topological polar surface area (TPSA) is 78.6 Å². The Balaban J connectivity index is 1.56. The Morgan fingerprint density at radius 3 is 2.45 bits per heavy atom. The zero-order valence-electron chi connectivity index (χ0n) is 17.2. The van der Waals surface area contributed by atoms with Crippen LogP contribution in [0.3, 0.4) is 0 Å². The Labute approximate surface area is 204 Å². The van der Waals surface area contributed by atoms with E-state index >= 15 is 0 Å². The molecule has 0 radical (unpaired) electrons. The molecule has 3 heterocycles. The van der Waals surface area contributed by atoms with Gasteiger partial charge in [0, 0.05) is 21.9 Å². The van der Waals surface area contributed by atoms with Crippen molar-refractivity contribution < 1.29 is 14.3 Å². The highest BCUT2D eigenvalue weighted by Crippen LogP contribution is 2.43. The Morgan fingerprint density at radius 1 is 1.03 bits per heavy atom. The van der Waals surface area contributed by atoms with Crippen molar-refractivity contribution in [3.8, 4) is 11.3 Å². The van der Waals surface area contributed by atoms with E-state index in [1.807, 2.05) is 59.5 Å². The minimum Gasteiger partial charge on any atom is -0.478 e. The maximum atomic E-state index is 11.2. The lowest BCUT2D eigenvalue weighted by atomic mass is 10.0. The molecule has 33 heavy (non-hydrogen) atoms. The van der Waals surface area contributed by atoms with Gasteiger partial charge in [-0.15, -0.1) is 0 Å². The number of aromatic carboxylic acids is 1. The number of halogens is 1. The molecule has 164 valence electrons. The van der Waals surface area contributed by atoms with E-state index < -0.39 is 5.97 Å². The van der Waals surface area contributed by atoms with Crippen LogP contribution in [0.2, 0.25) is 0 Å². The Kier molecular flexibility index (Phi) is 5.70. The van der Waals surface area contributed by atoms with Gasteiger partial charge in [0.15, 0.2) is 5.11 Å². The van der Waals surface area contributed by atoms with E-state index in [4.69, 9.17) is 21.7 Å². The molecular weight excluding hydrogens is 502 g/mol. The molecule has 1 aliphatic rings. The summed E-state index contributed by atoms with van der Waals surface area (Å²) in [6, 6.07) is 23.7. The molecule has 0 bridgehead atoms. The number of anilines is 1. The number of thiocarbonyl (C=S) groups is 1. The number of nitrogens with one attached hydrogen (secondary N) is 1. The normalized spacial score (nSPS) is 17.7. The summed E-state index contributed by atoms with van der Waals surface area (Å²) in [5.74, 6) is 0.407. The van der Waals surface area contributed by atoms with Crippen molar-refractivity contribution in [2.24, 2.45) is 0 Å². The van der Waals surface area contributed by atoms with Crippen LogP contribution in [0, 0.1) is 0 Å². The van der Waals surface area contributed by atoms with Gasteiger partial charge in [0.1, 0.15) is 17.6 Å². The number of carboxylic acids is 1. The molecule has 0 amide bonds. The third-order valence-electron chi connectivity index (χ3n) is 5.54. The molecule has 0 aliphatic carbocycles. The minimum absolute atomic E-state index is 0.212. The predicted octanol–water partition coefficient (Wildman–Crippen LogP) is 5.98. The monoisotopic (exact) mass is 519 g/mol. The predicted molar refractivity (Wildman–Crippen MR) is 133 cm³/mol. The average molecular weight is 520 g/mol. The lowest BCUT2D eigenvalue weighted by Gasteiger charge is -2.26. The highest BCUT2D eigenvalue weighted by atomic mass is 79.9. The summed E-state index contributed by atoms with van der Waals surface area (Å²) in [4.78, 5) is 17.8. The number of benzene rings is 2. The highest BCUT2D eigenvalue weighted by Gasteiger charge is 2.42. The first-order valence-corrected chi connectivity index (χ1v) is 11.4. The summed E-state index contributed by atoms with van der Waals surface area (Å²) < 4.78 is 7.28. The average Bonchev–Trinajstić information content (AvgIpc) is 3.45. The van der Waals surface area contributed by atoms with Crippen LogP contribution in [0.15, 0.2) is 93.9 Å². The van der Waals surface area contributed by atoms with Crippen LogP contribution in [0.25, 0.3) is 11.3 Å². The number of rotatable bonds is 5. The fourth-order valence-electron chi connectivity index (χ4n) is 3.97. The van der Waals surface area contributed by atoms with Gasteiger partial charge >= 0.3 is 5.97 Å². The molecule has 0 unspecified atom stereocenters. The molecule has 4 aromatic rings. The molecule has 8 heteroatoms. The van der Waals surface area contributed by atoms with Crippen LogP contribution in [0.4, 0.5) is 5.69 Å². The van der Waals surface area contributed by atoms with Gasteiger partial charge in [-0.2, -0.15) is 0 Å². The SMILES string of the molecule is O=C(O)c1ccc(-c2ccc([C@@H]3[C@H](c4ccccn4)NC(=S)N3c3ccc(Br)cc3)o2)cc1. The molecule has 0 saturated carbocycles. The zero-order valence-corrected chi connectivity index (χ0v) is 19.6. The fraction of sp³-hybridized carbons (Fsp3) is 0.0800. The molecule has 1 aliphatic heterocycles. The van der Waals surface area contributed by atoms with Crippen molar-refractivity contribution in [2.45, 2.75) is 12.1 Å². The summed E-state index contributed by atoms with van der Waals surface area (Å²) in [5, 5.41) is 13.1. The van der Waals surface area contributed by atoms with E-state index in [1.165, 1.54) is 0 Å². The van der Waals surface area contributed by atoms with Crippen LogP contribution in [-0.4, -0.2) is 21.2 Å². The number of hydrogen-bond acceptors (Lipinski definition) is 4. The highest BCUT2D eigenvalue weighted by molar-refractivity contribution is 9.10. The van der Waals surface area contributed by atoms with Crippen molar-refractivity contribution in [3.63, 3.8) is 0 Å². The Morgan fingerprint density at radius 2 is 1.79 bits per heavy atom. The summed E-state index contributed by atoms with van der Waals surface area (Å²) in [6.45, 7) is 0. The fourth-order valence-corrected chi connectivity index (χ4v) is 4.58. The maximum Gasteiger partial charge on any atom is 0.335 e. The molecule has 1 saturated heterocycles. The number of hydrogen-bond donors (Lipinski definition) is 2. The van der Waals surface area contributed by atoms with Crippen molar-refractivity contribution >= 4 is 44.9 Å². The number of carboxylic acid groups (broad SMARTS) is 1. The first kappa shape index (κ1) is 21.4. The largest absolute Gasteiger partial charge is 0.478 e. The number of nitrogens with zero attached hydrogens (tertiary/aromatic N) is 2. The summed E-state index contributed by atoms with van der Waals surface area (Å²) >= 11 is 9.22. The van der Waals surface area contributed by atoms with Gasteiger partial charge in [-0.05, 0) is 72.9 Å². The molecule has 2 aromatic carbocycles. The lowest BCUT2D eigenvalue weighted by molar-refractivity contribution is 0.0697. The minimum atomic E-state index is -0.962. The number of aromatic nitrogens is 1. The second-order valence-electron chi connectivity index (χ2n) is 7.56. The van der Waals surface area contributed by atoms with E-state index in [0.717, 1.165) is 27.2 Å². The lowest BCUT2D eigenvalue weighted by Crippen LogP contribution is -2.29. The van der Waals surface area contributed by atoms with Gasteiger partial charge in [-0.1, -0.05) is 34.1 Å². The number of furan rings is 1. The molecule has 1 fully saturated rings. The van der Waals surface area contributed by atoms with Gasteiger partial charge in [-0.25, -0.2) is 4.79 Å².